The van der Waals surface area contributed by atoms with Crippen molar-refractivity contribution in [3.8, 4) is 5.75 Å². The maximum atomic E-state index is 12.1. The molecule has 1 aromatic rings. The smallest absolute Gasteiger partial charge is 0.323 e. The van der Waals surface area contributed by atoms with Gasteiger partial charge in [-0.25, -0.2) is 0 Å². The topological polar surface area (TPSA) is 87.2 Å². The van der Waals surface area contributed by atoms with E-state index in [-0.39, 0.29) is 6.42 Å². The standard InChI is InChI=1S/C17H22N2O5/c1-18(2)7-8-24-14-5-3-12(4-6-14)9-13-10-15(20)19(17(13)23)11-16(21)22/h3-6,13H,7-11H2,1-2H3,(H,21,22). The Morgan fingerprint density at radius 3 is 2.54 bits per heavy atom. The average Bonchev–Trinajstić information content (AvgIpc) is 2.76. The minimum absolute atomic E-state index is 0.0627. The minimum atomic E-state index is -1.18. The lowest BCUT2D eigenvalue weighted by Crippen LogP contribution is -2.35. The SMILES string of the molecule is CN(C)CCOc1ccc(CC2CC(=O)N(CC(=O)O)C2=O)cc1. The fourth-order valence-electron chi connectivity index (χ4n) is 2.56. The van der Waals surface area contributed by atoms with Crippen LogP contribution in [-0.2, 0) is 20.8 Å². The lowest BCUT2D eigenvalue weighted by molar-refractivity contribution is -0.149. The highest BCUT2D eigenvalue weighted by Crippen LogP contribution is 2.24. The maximum Gasteiger partial charge on any atom is 0.323 e. The normalized spacial score (nSPS) is 17.6. The molecular formula is C17H22N2O5. The Kier molecular flexibility index (Phi) is 5.92. The molecule has 0 aliphatic carbocycles. The first-order chi connectivity index (χ1) is 11.4. The van der Waals surface area contributed by atoms with Gasteiger partial charge in [-0.1, -0.05) is 12.1 Å². The van der Waals surface area contributed by atoms with Crippen LogP contribution in [0.25, 0.3) is 0 Å². The molecule has 1 N–H and O–H groups in total. The number of likely N-dealkylation sites (tertiary alicyclic amines) is 1. The molecule has 0 saturated carbocycles. The second-order valence-corrected chi connectivity index (χ2v) is 6.11. The van der Waals surface area contributed by atoms with Crippen LogP contribution in [0.1, 0.15) is 12.0 Å². The van der Waals surface area contributed by atoms with Crippen molar-refractivity contribution in [3.05, 3.63) is 29.8 Å². The first-order valence-electron chi connectivity index (χ1n) is 7.79. The Hall–Kier alpha value is -2.41. The van der Waals surface area contributed by atoms with Crippen molar-refractivity contribution in [3.63, 3.8) is 0 Å². The number of carboxylic acids is 1. The predicted molar refractivity (Wildman–Crippen MR) is 86.7 cm³/mol. The summed E-state index contributed by atoms with van der Waals surface area (Å²) in [7, 11) is 3.94. The number of nitrogens with zero attached hydrogens (tertiary/aromatic N) is 2. The lowest BCUT2D eigenvalue weighted by Gasteiger charge is -2.13. The number of hydrogen-bond donors (Lipinski definition) is 1. The van der Waals surface area contributed by atoms with Crippen molar-refractivity contribution in [1.82, 2.24) is 9.80 Å². The number of benzene rings is 1. The number of carboxylic acid groups (broad SMARTS) is 1. The van der Waals surface area contributed by atoms with Crippen molar-refractivity contribution in [2.24, 2.45) is 5.92 Å². The molecule has 2 amide bonds. The molecule has 1 saturated heterocycles. The Balaban J connectivity index is 1.91. The number of imide groups is 1. The molecule has 1 atom stereocenters. The van der Waals surface area contributed by atoms with Gasteiger partial charge >= 0.3 is 5.97 Å². The highest BCUT2D eigenvalue weighted by Gasteiger charge is 2.39. The van der Waals surface area contributed by atoms with Crippen LogP contribution in [0.15, 0.2) is 24.3 Å². The van der Waals surface area contributed by atoms with E-state index in [0.29, 0.717) is 13.0 Å². The van der Waals surface area contributed by atoms with E-state index in [1.165, 1.54) is 0 Å². The second-order valence-electron chi connectivity index (χ2n) is 6.11. The van der Waals surface area contributed by atoms with E-state index in [0.717, 1.165) is 22.8 Å². The van der Waals surface area contributed by atoms with Gasteiger partial charge < -0.3 is 14.7 Å². The van der Waals surface area contributed by atoms with Gasteiger partial charge in [-0.3, -0.25) is 19.3 Å². The second kappa shape index (κ2) is 7.92. The quantitative estimate of drug-likeness (QED) is 0.702. The largest absolute Gasteiger partial charge is 0.492 e. The van der Waals surface area contributed by atoms with Gasteiger partial charge in [0, 0.05) is 13.0 Å². The van der Waals surface area contributed by atoms with E-state index in [1.807, 2.05) is 43.3 Å². The predicted octanol–water partition coefficient (Wildman–Crippen LogP) is 0.629. The highest BCUT2D eigenvalue weighted by atomic mass is 16.5. The Bertz CT molecular complexity index is 612. The van der Waals surface area contributed by atoms with Gasteiger partial charge in [-0.05, 0) is 38.2 Å². The van der Waals surface area contributed by atoms with Crippen LogP contribution in [0.5, 0.6) is 5.75 Å². The average molecular weight is 334 g/mol. The zero-order valence-electron chi connectivity index (χ0n) is 13.9. The molecule has 0 bridgehead atoms. The third-order valence-electron chi connectivity index (χ3n) is 3.84. The Morgan fingerprint density at radius 1 is 1.29 bits per heavy atom. The summed E-state index contributed by atoms with van der Waals surface area (Å²) >= 11 is 0. The Labute approximate surface area is 140 Å². The van der Waals surface area contributed by atoms with Crippen molar-refractivity contribution in [2.75, 3.05) is 33.8 Å². The number of amides is 2. The molecule has 2 rings (SSSR count). The number of carbonyl (C=O) groups is 3. The van der Waals surface area contributed by atoms with Gasteiger partial charge in [-0.2, -0.15) is 0 Å². The van der Waals surface area contributed by atoms with Crippen LogP contribution in [-0.4, -0.2) is 66.5 Å². The number of likely N-dealkylation sites (N-methyl/N-ethyl adjacent to an activating group) is 1. The zero-order chi connectivity index (χ0) is 17.7. The summed E-state index contributed by atoms with van der Waals surface area (Å²) in [5.74, 6) is -1.75. The maximum absolute atomic E-state index is 12.1. The fraction of sp³-hybridized carbons (Fsp3) is 0.471. The molecule has 0 spiro atoms. The number of hydrogen-bond acceptors (Lipinski definition) is 5. The molecule has 7 heteroatoms. The molecule has 1 fully saturated rings. The van der Waals surface area contributed by atoms with E-state index in [9.17, 15) is 14.4 Å². The van der Waals surface area contributed by atoms with E-state index in [2.05, 4.69) is 0 Å². The van der Waals surface area contributed by atoms with E-state index in [4.69, 9.17) is 9.84 Å². The first kappa shape index (κ1) is 17.9. The fourth-order valence-corrected chi connectivity index (χ4v) is 2.56. The highest BCUT2D eigenvalue weighted by molar-refractivity contribution is 6.05. The minimum Gasteiger partial charge on any atom is -0.492 e. The van der Waals surface area contributed by atoms with Gasteiger partial charge in [-0.15, -0.1) is 0 Å². The number of rotatable bonds is 8. The van der Waals surface area contributed by atoms with Crippen molar-refractivity contribution < 1.29 is 24.2 Å². The third kappa shape index (κ3) is 4.79. The summed E-state index contributed by atoms with van der Waals surface area (Å²) in [5, 5.41) is 8.76. The van der Waals surface area contributed by atoms with Crippen LogP contribution in [0.3, 0.4) is 0 Å². The van der Waals surface area contributed by atoms with E-state index < -0.39 is 30.2 Å². The zero-order valence-corrected chi connectivity index (χ0v) is 13.9. The van der Waals surface area contributed by atoms with E-state index >= 15 is 0 Å². The van der Waals surface area contributed by atoms with Crippen molar-refractivity contribution in [1.29, 1.82) is 0 Å². The Morgan fingerprint density at radius 2 is 1.96 bits per heavy atom. The molecule has 24 heavy (non-hydrogen) atoms. The molecule has 0 aromatic heterocycles. The van der Waals surface area contributed by atoms with Crippen LogP contribution in [0.4, 0.5) is 0 Å². The number of aliphatic carboxylic acids is 1. The summed E-state index contributed by atoms with van der Waals surface area (Å²) in [6, 6.07) is 7.40. The number of carbonyl (C=O) groups excluding carboxylic acids is 2. The van der Waals surface area contributed by atoms with Crippen LogP contribution in [0.2, 0.25) is 0 Å². The summed E-state index contributed by atoms with van der Waals surface area (Å²) in [6.07, 6.45) is 0.478. The van der Waals surface area contributed by atoms with Gasteiger partial charge in [0.2, 0.25) is 11.8 Å². The van der Waals surface area contributed by atoms with Gasteiger partial charge in [0.25, 0.3) is 0 Å². The summed E-state index contributed by atoms with van der Waals surface area (Å²) in [5.41, 5.74) is 0.915. The van der Waals surface area contributed by atoms with Crippen molar-refractivity contribution >= 4 is 17.8 Å². The molecule has 1 aliphatic rings. The third-order valence-corrected chi connectivity index (χ3v) is 3.84. The monoisotopic (exact) mass is 334 g/mol. The summed E-state index contributed by atoms with van der Waals surface area (Å²) in [4.78, 5) is 37.5. The molecule has 130 valence electrons. The number of ether oxygens (including phenoxy) is 1. The summed E-state index contributed by atoms with van der Waals surface area (Å²) in [6.45, 7) is 0.846. The van der Waals surface area contributed by atoms with Crippen LogP contribution in [0, 0.1) is 5.92 Å². The van der Waals surface area contributed by atoms with Crippen LogP contribution < -0.4 is 4.74 Å². The molecular weight excluding hydrogens is 312 g/mol. The first-order valence-corrected chi connectivity index (χ1v) is 7.79. The molecule has 7 nitrogen and oxygen atoms in total. The lowest BCUT2D eigenvalue weighted by atomic mass is 9.98. The van der Waals surface area contributed by atoms with Gasteiger partial charge in [0.15, 0.2) is 0 Å². The van der Waals surface area contributed by atoms with E-state index in [1.54, 1.807) is 0 Å². The molecule has 0 radical (unpaired) electrons. The van der Waals surface area contributed by atoms with Crippen LogP contribution >= 0.6 is 0 Å². The molecule has 1 unspecified atom stereocenters. The summed E-state index contributed by atoms with van der Waals surface area (Å²) < 4.78 is 5.60. The van der Waals surface area contributed by atoms with Gasteiger partial charge in [0.05, 0.1) is 5.92 Å². The molecule has 1 heterocycles. The van der Waals surface area contributed by atoms with Gasteiger partial charge in [0.1, 0.15) is 18.9 Å². The molecule has 1 aromatic carbocycles. The molecule has 1 aliphatic heterocycles. The van der Waals surface area contributed by atoms with Crippen molar-refractivity contribution in [2.45, 2.75) is 12.8 Å².